The maximum absolute atomic E-state index is 13.1. The van der Waals surface area contributed by atoms with Crippen molar-refractivity contribution in [3.63, 3.8) is 0 Å². The number of pyridine rings is 1. The van der Waals surface area contributed by atoms with E-state index in [0.717, 1.165) is 42.1 Å². The monoisotopic (exact) mass is 511 g/mol. The number of aromatic nitrogens is 2. The molecule has 4 aliphatic rings. The SMILES string of the molecule is Cn1ccc2c(CN3CCC4(CCC4)CC3)cc(-c3ccc4c(c3)CN(C3CCC(=O)NC3=O)C4=O)nc21. The molecule has 3 amide bonds. The van der Waals surface area contributed by atoms with Crippen molar-refractivity contribution in [1.29, 1.82) is 0 Å². The molecule has 8 heteroatoms. The molecule has 7 rings (SSSR count). The zero-order valence-electron chi connectivity index (χ0n) is 21.8. The molecule has 3 aromatic rings. The van der Waals surface area contributed by atoms with E-state index in [0.29, 0.717) is 23.9 Å². The maximum Gasteiger partial charge on any atom is 0.255 e. The molecule has 3 aliphatic heterocycles. The van der Waals surface area contributed by atoms with Crippen molar-refractivity contribution in [2.24, 2.45) is 12.5 Å². The Hall–Kier alpha value is -3.52. The lowest BCUT2D eigenvalue weighted by Crippen LogP contribution is -2.52. The van der Waals surface area contributed by atoms with Gasteiger partial charge in [-0.3, -0.25) is 24.6 Å². The average Bonchev–Trinajstić information content (AvgIpc) is 3.43. The number of aryl methyl sites for hydroxylation is 1. The Bertz CT molecular complexity index is 1480. The number of piperidine rings is 2. The van der Waals surface area contributed by atoms with Crippen LogP contribution in [0, 0.1) is 5.41 Å². The van der Waals surface area contributed by atoms with Gasteiger partial charge in [-0.1, -0.05) is 12.5 Å². The highest BCUT2D eigenvalue weighted by Crippen LogP contribution is 2.49. The van der Waals surface area contributed by atoms with Gasteiger partial charge in [-0.2, -0.15) is 0 Å². The van der Waals surface area contributed by atoms with E-state index in [1.165, 1.54) is 43.1 Å². The minimum absolute atomic E-state index is 0.151. The summed E-state index contributed by atoms with van der Waals surface area (Å²) >= 11 is 0. The maximum atomic E-state index is 13.1. The highest BCUT2D eigenvalue weighted by Gasteiger charge is 2.40. The summed E-state index contributed by atoms with van der Waals surface area (Å²) in [6.07, 6.45) is 9.53. The summed E-state index contributed by atoms with van der Waals surface area (Å²) in [6, 6.07) is 9.64. The lowest BCUT2D eigenvalue weighted by Gasteiger charge is -2.48. The van der Waals surface area contributed by atoms with Crippen LogP contribution in [0.25, 0.3) is 22.3 Å². The molecule has 0 bridgehead atoms. The fraction of sp³-hybridized carbons (Fsp3) is 0.467. The summed E-state index contributed by atoms with van der Waals surface area (Å²) in [5.74, 6) is -0.811. The van der Waals surface area contributed by atoms with E-state index in [4.69, 9.17) is 4.98 Å². The van der Waals surface area contributed by atoms with Crippen LogP contribution in [0.4, 0.5) is 0 Å². The molecular formula is C30H33N5O3. The molecule has 3 fully saturated rings. The van der Waals surface area contributed by atoms with Crippen molar-refractivity contribution in [3.05, 3.63) is 53.2 Å². The van der Waals surface area contributed by atoms with Gasteiger partial charge in [-0.05, 0) is 86.0 Å². The smallest absolute Gasteiger partial charge is 0.255 e. The van der Waals surface area contributed by atoms with Crippen LogP contribution in [-0.4, -0.2) is 56.2 Å². The van der Waals surface area contributed by atoms with Crippen LogP contribution >= 0.6 is 0 Å². The van der Waals surface area contributed by atoms with Crippen LogP contribution in [0.15, 0.2) is 36.5 Å². The summed E-state index contributed by atoms with van der Waals surface area (Å²) in [6.45, 7) is 3.59. The number of imide groups is 1. The highest BCUT2D eigenvalue weighted by molar-refractivity contribution is 6.05. The van der Waals surface area contributed by atoms with Crippen LogP contribution in [0.3, 0.4) is 0 Å². The minimum Gasteiger partial charge on any atom is -0.336 e. The van der Waals surface area contributed by atoms with Crippen LogP contribution < -0.4 is 5.32 Å². The Labute approximate surface area is 222 Å². The molecule has 2 saturated heterocycles. The van der Waals surface area contributed by atoms with Crippen molar-refractivity contribution in [3.8, 4) is 11.3 Å². The van der Waals surface area contributed by atoms with Gasteiger partial charge in [0.05, 0.1) is 5.69 Å². The van der Waals surface area contributed by atoms with E-state index < -0.39 is 6.04 Å². The number of rotatable bonds is 4. The van der Waals surface area contributed by atoms with Gasteiger partial charge in [0.15, 0.2) is 0 Å². The lowest BCUT2D eigenvalue weighted by molar-refractivity contribution is -0.136. The zero-order chi connectivity index (χ0) is 26.0. The Morgan fingerprint density at radius 3 is 2.61 bits per heavy atom. The second-order valence-corrected chi connectivity index (χ2v) is 11.7. The van der Waals surface area contributed by atoms with Gasteiger partial charge in [0, 0.05) is 49.3 Å². The predicted molar refractivity (Wildman–Crippen MR) is 143 cm³/mol. The van der Waals surface area contributed by atoms with Gasteiger partial charge in [-0.25, -0.2) is 4.98 Å². The highest BCUT2D eigenvalue weighted by atomic mass is 16.2. The molecule has 1 saturated carbocycles. The molecule has 196 valence electrons. The molecule has 5 heterocycles. The van der Waals surface area contributed by atoms with Gasteiger partial charge in [0.25, 0.3) is 5.91 Å². The molecular weight excluding hydrogens is 478 g/mol. The van der Waals surface area contributed by atoms with E-state index in [2.05, 4.69) is 33.1 Å². The molecule has 1 N–H and O–H groups in total. The number of carbonyl (C=O) groups is 3. The van der Waals surface area contributed by atoms with Gasteiger partial charge >= 0.3 is 0 Å². The number of benzene rings is 1. The number of carbonyl (C=O) groups excluding carboxylic acids is 3. The van der Waals surface area contributed by atoms with Crippen LogP contribution in [0.2, 0.25) is 0 Å². The third-order valence-corrected chi connectivity index (χ3v) is 9.47. The van der Waals surface area contributed by atoms with Gasteiger partial charge in [-0.15, -0.1) is 0 Å². The summed E-state index contributed by atoms with van der Waals surface area (Å²) in [5, 5.41) is 3.57. The Morgan fingerprint density at radius 1 is 1.05 bits per heavy atom. The Morgan fingerprint density at radius 2 is 1.87 bits per heavy atom. The first-order valence-corrected chi connectivity index (χ1v) is 13.8. The van der Waals surface area contributed by atoms with Crippen LogP contribution in [-0.2, 0) is 29.7 Å². The molecule has 2 aromatic heterocycles. The van der Waals surface area contributed by atoms with Crippen molar-refractivity contribution < 1.29 is 14.4 Å². The fourth-order valence-corrected chi connectivity index (χ4v) is 6.92. The molecule has 8 nitrogen and oxygen atoms in total. The van der Waals surface area contributed by atoms with Gasteiger partial charge < -0.3 is 9.47 Å². The van der Waals surface area contributed by atoms with E-state index in [1.54, 1.807) is 4.90 Å². The van der Waals surface area contributed by atoms with Crippen LogP contribution in [0.1, 0.15) is 66.4 Å². The second kappa shape index (κ2) is 8.76. The van der Waals surface area contributed by atoms with Crippen LogP contribution in [0.5, 0.6) is 0 Å². The normalized spacial score (nSPS) is 23.1. The number of nitrogens with one attached hydrogen (secondary N) is 1. The van der Waals surface area contributed by atoms with Crippen molar-refractivity contribution in [1.82, 2.24) is 24.7 Å². The summed E-state index contributed by atoms with van der Waals surface area (Å²) in [7, 11) is 2.03. The fourth-order valence-electron chi connectivity index (χ4n) is 6.92. The lowest BCUT2D eigenvalue weighted by atomic mass is 9.63. The average molecular weight is 512 g/mol. The number of nitrogens with zero attached hydrogens (tertiary/aromatic N) is 4. The quantitative estimate of drug-likeness (QED) is 0.539. The second-order valence-electron chi connectivity index (χ2n) is 11.7. The van der Waals surface area contributed by atoms with E-state index in [1.807, 2.05) is 25.2 Å². The number of hydrogen-bond donors (Lipinski definition) is 1. The van der Waals surface area contributed by atoms with Gasteiger partial charge in [0.2, 0.25) is 11.8 Å². The molecule has 1 aromatic carbocycles. The Kier molecular flexibility index (Phi) is 5.44. The first kappa shape index (κ1) is 23.6. The molecule has 38 heavy (non-hydrogen) atoms. The summed E-state index contributed by atoms with van der Waals surface area (Å²) in [4.78, 5) is 46.4. The minimum atomic E-state index is -0.607. The predicted octanol–water partition coefficient (Wildman–Crippen LogP) is 3.77. The zero-order valence-corrected chi connectivity index (χ0v) is 21.8. The van der Waals surface area contributed by atoms with Gasteiger partial charge in [0.1, 0.15) is 11.7 Å². The number of amides is 3. The van der Waals surface area contributed by atoms with Crippen molar-refractivity contribution >= 4 is 28.8 Å². The molecule has 1 atom stereocenters. The van der Waals surface area contributed by atoms with E-state index in [-0.39, 0.29) is 24.1 Å². The van der Waals surface area contributed by atoms with Crippen molar-refractivity contribution in [2.75, 3.05) is 13.1 Å². The third-order valence-electron chi connectivity index (χ3n) is 9.47. The summed E-state index contributed by atoms with van der Waals surface area (Å²) in [5.41, 5.74) is 6.27. The topological polar surface area (TPSA) is 87.5 Å². The number of likely N-dealkylation sites (tertiary alicyclic amines) is 1. The number of fused-ring (bicyclic) bond motifs is 2. The Balaban J connectivity index is 1.17. The standard InChI is InChI=1S/C30H33N5O3/c1-33-12-7-22-21(17-34-13-10-30(11-14-34)8-2-9-30)16-24(31-27(22)33)19-3-4-23-20(15-19)18-35(29(23)38)25-5-6-26(36)32-28(25)37/h3-4,7,12,15-16,25H,2,5-6,8-11,13-14,17-18H2,1H3,(H,32,36,37). The first-order chi connectivity index (χ1) is 18.4. The largest absolute Gasteiger partial charge is 0.336 e. The molecule has 1 unspecified atom stereocenters. The number of hydrogen-bond acceptors (Lipinski definition) is 5. The molecule has 1 aliphatic carbocycles. The third kappa shape index (κ3) is 3.85. The van der Waals surface area contributed by atoms with Crippen molar-refractivity contribution in [2.45, 2.75) is 64.1 Å². The van der Waals surface area contributed by atoms with E-state index in [9.17, 15) is 14.4 Å². The molecule has 0 radical (unpaired) electrons. The first-order valence-electron chi connectivity index (χ1n) is 13.8. The van der Waals surface area contributed by atoms with E-state index >= 15 is 0 Å². The summed E-state index contributed by atoms with van der Waals surface area (Å²) < 4.78 is 2.07. The molecule has 1 spiro atoms.